The molecule has 0 fully saturated rings. The molecule has 0 spiro atoms. The summed E-state index contributed by atoms with van der Waals surface area (Å²) in [5.41, 5.74) is 8.24. The zero-order valence-electron chi connectivity index (χ0n) is 16.8. The van der Waals surface area contributed by atoms with Gasteiger partial charge in [-0.3, -0.25) is 0 Å². The third-order valence-electron chi connectivity index (χ3n) is 3.43. The summed E-state index contributed by atoms with van der Waals surface area (Å²) in [6.45, 7) is 14.2. The molecule has 0 aliphatic rings. The highest BCUT2D eigenvalue weighted by Crippen LogP contribution is 2.09. The van der Waals surface area contributed by atoms with Crippen molar-refractivity contribution in [2.45, 2.75) is 40.8 Å². The fourth-order valence-electron chi connectivity index (χ4n) is 2.34. The Morgan fingerprint density at radius 2 is 0.885 bits per heavy atom. The van der Waals surface area contributed by atoms with Crippen LogP contribution in [0, 0.1) is 22.9 Å². The van der Waals surface area contributed by atoms with E-state index in [1.54, 1.807) is 0 Å². The molecule has 0 bridgehead atoms. The SMILES string of the molecule is CCO[Si](C)(C#Cc1ccc(C#C[Si](C)(OCC)OCC)cc1)OCC. The summed E-state index contributed by atoms with van der Waals surface area (Å²) in [4.78, 5) is 0. The van der Waals surface area contributed by atoms with Crippen LogP contribution in [0.1, 0.15) is 38.8 Å². The second kappa shape index (κ2) is 11.4. The van der Waals surface area contributed by atoms with Crippen LogP contribution in [0.3, 0.4) is 0 Å². The van der Waals surface area contributed by atoms with E-state index in [1.807, 2.05) is 65.1 Å². The van der Waals surface area contributed by atoms with Crippen molar-refractivity contribution < 1.29 is 17.7 Å². The molecule has 1 rings (SSSR count). The monoisotopic (exact) mass is 390 g/mol. The van der Waals surface area contributed by atoms with Gasteiger partial charge in [-0.2, -0.15) is 0 Å². The van der Waals surface area contributed by atoms with Crippen molar-refractivity contribution in [2.24, 2.45) is 0 Å². The molecule has 6 heteroatoms. The fourth-order valence-corrected chi connectivity index (χ4v) is 5.74. The van der Waals surface area contributed by atoms with Crippen molar-refractivity contribution in [3.63, 3.8) is 0 Å². The van der Waals surface area contributed by atoms with E-state index in [0.29, 0.717) is 26.4 Å². The molecule has 26 heavy (non-hydrogen) atoms. The Hall–Kier alpha value is -1.39. The maximum absolute atomic E-state index is 5.73. The Kier molecular flexibility index (Phi) is 9.89. The van der Waals surface area contributed by atoms with Crippen molar-refractivity contribution in [3.05, 3.63) is 35.4 Å². The van der Waals surface area contributed by atoms with Crippen molar-refractivity contribution >= 4 is 17.1 Å². The second-order valence-electron chi connectivity index (χ2n) is 5.70. The lowest BCUT2D eigenvalue weighted by atomic mass is 10.1. The molecule has 1 aromatic rings. The smallest absolute Gasteiger partial charge is 0.386 e. The molecule has 4 nitrogen and oxygen atoms in total. The topological polar surface area (TPSA) is 36.9 Å². The van der Waals surface area contributed by atoms with E-state index >= 15 is 0 Å². The van der Waals surface area contributed by atoms with Crippen LogP contribution >= 0.6 is 0 Å². The van der Waals surface area contributed by atoms with E-state index in [1.165, 1.54) is 0 Å². The van der Waals surface area contributed by atoms with Crippen molar-refractivity contribution in [1.29, 1.82) is 0 Å². The first kappa shape index (κ1) is 22.7. The molecule has 0 N–H and O–H groups in total. The summed E-state index contributed by atoms with van der Waals surface area (Å²) < 4.78 is 22.9. The number of rotatable bonds is 8. The Labute approximate surface area is 160 Å². The first-order valence-corrected chi connectivity index (χ1v) is 13.8. The molecule has 0 saturated heterocycles. The summed E-state index contributed by atoms with van der Waals surface area (Å²) in [5.74, 6) is 6.34. The molecule has 142 valence electrons. The van der Waals surface area contributed by atoms with Crippen LogP contribution in [-0.2, 0) is 17.7 Å². The molecule has 1 aromatic carbocycles. The van der Waals surface area contributed by atoms with E-state index in [2.05, 4.69) is 22.9 Å². The van der Waals surface area contributed by atoms with Crippen LogP contribution in [0.15, 0.2) is 24.3 Å². The molecule has 0 aliphatic carbocycles. The van der Waals surface area contributed by atoms with Gasteiger partial charge in [-0.15, -0.1) is 0 Å². The van der Waals surface area contributed by atoms with Gasteiger partial charge in [-0.05, 0) is 65.1 Å². The standard InChI is InChI=1S/C20H30O4Si2/c1-7-21-25(5,22-8-2)17-15-19-11-13-20(14-12-19)16-18-26(6,23-9-3)24-10-4/h11-14H,7-10H2,1-6H3. The van der Waals surface area contributed by atoms with Crippen LogP contribution in [-0.4, -0.2) is 43.5 Å². The summed E-state index contributed by atoms with van der Waals surface area (Å²) in [7, 11) is -4.84. The normalized spacial score (nSPS) is 11.3. The molecular weight excluding hydrogens is 360 g/mol. The minimum Gasteiger partial charge on any atom is -0.386 e. The summed E-state index contributed by atoms with van der Waals surface area (Å²) in [5, 5.41) is 0. The Morgan fingerprint density at radius 1 is 0.615 bits per heavy atom. The molecular formula is C20H30O4Si2. The maximum Gasteiger partial charge on any atom is 0.420 e. The van der Waals surface area contributed by atoms with Crippen molar-refractivity contribution in [1.82, 2.24) is 0 Å². The van der Waals surface area contributed by atoms with E-state index in [9.17, 15) is 0 Å². The summed E-state index contributed by atoms with van der Waals surface area (Å²) in [6.07, 6.45) is 0. The Bertz CT molecular complexity index is 594. The van der Waals surface area contributed by atoms with Crippen LogP contribution in [0.25, 0.3) is 0 Å². The minimum atomic E-state index is -2.42. The van der Waals surface area contributed by atoms with Crippen LogP contribution in [0.2, 0.25) is 13.1 Å². The quantitative estimate of drug-likeness (QED) is 0.500. The lowest BCUT2D eigenvalue weighted by Crippen LogP contribution is -2.37. The second-order valence-corrected chi connectivity index (χ2v) is 11.1. The van der Waals surface area contributed by atoms with Gasteiger partial charge >= 0.3 is 17.1 Å². The summed E-state index contributed by atoms with van der Waals surface area (Å²) in [6, 6.07) is 7.85. The molecule has 0 radical (unpaired) electrons. The van der Waals surface area contributed by atoms with Gasteiger partial charge < -0.3 is 17.7 Å². The molecule has 0 heterocycles. The van der Waals surface area contributed by atoms with Gasteiger partial charge in [0.25, 0.3) is 0 Å². The predicted molar refractivity (Wildman–Crippen MR) is 110 cm³/mol. The van der Waals surface area contributed by atoms with E-state index in [-0.39, 0.29) is 0 Å². The van der Waals surface area contributed by atoms with Gasteiger partial charge in [0.2, 0.25) is 0 Å². The highest BCUT2D eigenvalue weighted by molar-refractivity contribution is 6.75. The number of hydrogen-bond acceptors (Lipinski definition) is 4. The molecule has 0 unspecified atom stereocenters. The average molecular weight is 391 g/mol. The Balaban J connectivity index is 2.91. The van der Waals surface area contributed by atoms with Gasteiger partial charge in [0.1, 0.15) is 0 Å². The molecule has 0 atom stereocenters. The summed E-state index contributed by atoms with van der Waals surface area (Å²) >= 11 is 0. The lowest BCUT2D eigenvalue weighted by molar-refractivity contribution is 0.202. The van der Waals surface area contributed by atoms with Crippen LogP contribution in [0.5, 0.6) is 0 Å². The molecule has 0 saturated carbocycles. The van der Waals surface area contributed by atoms with Crippen LogP contribution in [0.4, 0.5) is 0 Å². The van der Waals surface area contributed by atoms with Gasteiger partial charge in [-0.25, -0.2) is 0 Å². The average Bonchev–Trinajstić information content (AvgIpc) is 2.60. The van der Waals surface area contributed by atoms with Crippen LogP contribution < -0.4 is 0 Å². The largest absolute Gasteiger partial charge is 0.420 e. The van der Waals surface area contributed by atoms with E-state index in [0.717, 1.165) is 11.1 Å². The van der Waals surface area contributed by atoms with Crippen molar-refractivity contribution in [3.8, 4) is 22.9 Å². The Morgan fingerprint density at radius 3 is 1.12 bits per heavy atom. The number of hydrogen-bond donors (Lipinski definition) is 0. The molecule has 0 aromatic heterocycles. The predicted octanol–water partition coefficient (Wildman–Crippen LogP) is 3.76. The first-order valence-electron chi connectivity index (χ1n) is 9.12. The van der Waals surface area contributed by atoms with E-state index < -0.39 is 17.1 Å². The van der Waals surface area contributed by atoms with Gasteiger partial charge in [-0.1, -0.05) is 22.9 Å². The van der Waals surface area contributed by atoms with Crippen molar-refractivity contribution in [2.75, 3.05) is 26.4 Å². The third-order valence-corrected chi connectivity index (χ3v) is 7.95. The molecule has 0 aliphatic heterocycles. The molecule has 0 amide bonds. The van der Waals surface area contributed by atoms with Gasteiger partial charge in [0.15, 0.2) is 0 Å². The maximum atomic E-state index is 5.73. The highest BCUT2D eigenvalue weighted by atomic mass is 28.4. The lowest BCUT2D eigenvalue weighted by Gasteiger charge is -2.19. The minimum absolute atomic E-state index is 0.605. The fraction of sp³-hybridized carbons (Fsp3) is 0.500. The van der Waals surface area contributed by atoms with E-state index in [4.69, 9.17) is 17.7 Å². The first-order chi connectivity index (χ1) is 12.4. The zero-order valence-corrected chi connectivity index (χ0v) is 18.8. The van der Waals surface area contributed by atoms with Gasteiger partial charge in [0.05, 0.1) is 0 Å². The number of benzene rings is 1. The zero-order chi connectivity index (χ0) is 19.5. The highest BCUT2D eigenvalue weighted by Gasteiger charge is 2.29. The van der Waals surface area contributed by atoms with Gasteiger partial charge in [0, 0.05) is 37.6 Å². The third kappa shape index (κ3) is 7.88.